The molecule has 0 aliphatic heterocycles. The molecule has 0 aromatic heterocycles. The van der Waals surface area contributed by atoms with E-state index in [1.807, 2.05) is 25.1 Å². The lowest BCUT2D eigenvalue weighted by Gasteiger charge is -2.11. The van der Waals surface area contributed by atoms with E-state index in [1.165, 1.54) is 0 Å². The van der Waals surface area contributed by atoms with Gasteiger partial charge in [-0.3, -0.25) is 0 Å². The van der Waals surface area contributed by atoms with Crippen LogP contribution in [0.5, 0.6) is 17.2 Å². The third-order valence-electron chi connectivity index (χ3n) is 6.07. The van der Waals surface area contributed by atoms with Gasteiger partial charge in [0.15, 0.2) is 0 Å². The molecule has 3 aromatic carbocycles. The molecular weight excluding hydrogens is 524 g/mol. The summed E-state index contributed by atoms with van der Waals surface area (Å²) >= 11 is 0. The Labute approximate surface area is 239 Å². The molecular formula is C33H34O8. The number of unbranched alkanes of at least 4 members (excludes halogenated alkanes) is 3. The second-order valence-electron chi connectivity index (χ2n) is 9.20. The van der Waals surface area contributed by atoms with Crippen LogP contribution in [0.25, 0.3) is 11.1 Å². The van der Waals surface area contributed by atoms with Crippen LogP contribution >= 0.6 is 0 Å². The summed E-state index contributed by atoms with van der Waals surface area (Å²) in [5.41, 5.74) is 3.04. The van der Waals surface area contributed by atoms with Crippen LogP contribution in [0.4, 0.5) is 0 Å². The van der Waals surface area contributed by atoms with E-state index in [2.05, 4.69) is 13.2 Å². The molecule has 0 fully saturated rings. The monoisotopic (exact) mass is 558 g/mol. The van der Waals surface area contributed by atoms with E-state index in [-0.39, 0.29) is 5.57 Å². The molecule has 8 heteroatoms. The Balaban J connectivity index is 1.45. The number of aliphatic hydroxyl groups excluding tert-OH is 1. The minimum atomic E-state index is -0.682. The van der Waals surface area contributed by atoms with Gasteiger partial charge in [0.05, 0.1) is 31.0 Å². The molecule has 3 aromatic rings. The first-order chi connectivity index (χ1) is 19.8. The van der Waals surface area contributed by atoms with Gasteiger partial charge in [-0.05, 0) is 97.8 Å². The fraction of sp³-hybridized carbons (Fsp3) is 0.242. The first-order valence-electron chi connectivity index (χ1n) is 13.3. The summed E-state index contributed by atoms with van der Waals surface area (Å²) in [4.78, 5) is 35.5. The van der Waals surface area contributed by atoms with Crippen molar-refractivity contribution < 1.29 is 38.4 Å². The standard InChI is InChI=1S/C33H34O8/c1-4-31(35)39-20-8-6-5-7-19-38-27-13-15-28(16-14-27)40-33(37)26-11-9-25(10-12-26)30-18-17-29(21-23(30)2)41-32(36)24(3)22-34/h4,9-18,21,34H,1,3,5-8,19-20,22H2,2H3. The predicted octanol–water partition coefficient (Wildman–Crippen LogP) is 6.00. The van der Waals surface area contributed by atoms with E-state index in [4.69, 9.17) is 24.1 Å². The van der Waals surface area contributed by atoms with Crippen LogP contribution in [0.3, 0.4) is 0 Å². The van der Waals surface area contributed by atoms with E-state index in [1.54, 1.807) is 48.5 Å². The van der Waals surface area contributed by atoms with Gasteiger partial charge in [0.2, 0.25) is 0 Å². The number of aliphatic hydroxyl groups is 1. The van der Waals surface area contributed by atoms with Gasteiger partial charge in [-0.25, -0.2) is 14.4 Å². The lowest BCUT2D eigenvalue weighted by Crippen LogP contribution is -2.12. The molecule has 214 valence electrons. The Bertz CT molecular complexity index is 1360. The number of hydrogen-bond donors (Lipinski definition) is 1. The van der Waals surface area contributed by atoms with Crippen LogP contribution in [-0.2, 0) is 14.3 Å². The van der Waals surface area contributed by atoms with Crippen molar-refractivity contribution in [3.8, 4) is 28.4 Å². The Hall–Kier alpha value is -4.69. The SMILES string of the molecule is C=CC(=O)OCCCCCCOc1ccc(OC(=O)c2ccc(-c3ccc(OC(=O)C(=C)CO)cc3C)cc2)cc1. The highest BCUT2D eigenvalue weighted by Crippen LogP contribution is 2.28. The van der Waals surface area contributed by atoms with Crippen molar-refractivity contribution in [2.75, 3.05) is 19.8 Å². The van der Waals surface area contributed by atoms with Gasteiger partial charge >= 0.3 is 17.9 Å². The van der Waals surface area contributed by atoms with Crippen molar-refractivity contribution in [2.24, 2.45) is 0 Å². The number of rotatable bonds is 15. The lowest BCUT2D eigenvalue weighted by molar-refractivity contribution is -0.137. The average molecular weight is 559 g/mol. The summed E-state index contributed by atoms with van der Waals surface area (Å²) in [5.74, 6) is -0.118. The molecule has 0 spiro atoms. The van der Waals surface area contributed by atoms with Crippen molar-refractivity contribution in [1.29, 1.82) is 0 Å². The van der Waals surface area contributed by atoms with Crippen molar-refractivity contribution in [1.82, 2.24) is 0 Å². The molecule has 0 atom stereocenters. The number of hydrogen-bond acceptors (Lipinski definition) is 8. The first-order valence-corrected chi connectivity index (χ1v) is 13.3. The quantitative estimate of drug-likeness (QED) is 0.105. The van der Waals surface area contributed by atoms with Crippen molar-refractivity contribution in [3.05, 3.63) is 103 Å². The number of benzene rings is 3. The van der Waals surface area contributed by atoms with Gasteiger partial charge in [-0.1, -0.05) is 31.4 Å². The topological polar surface area (TPSA) is 108 Å². The van der Waals surface area contributed by atoms with Crippen LogP contribution < -0.4 is 14.2 Å². The van der Waals surface area contributed by atoms with Crippen LogP contribution in [0.2, 0.25) is 0 Å². The number of carbonyl (C=O) groups is 3. The zero-order valence-electron chi connectivity index (χ0n) is 23.1. The number of esters is 3. The van der Waals surface area contributed by atoms with E-state index < -0.39 is 24.5 Å². The van der Waals surface area contributed by atoms with E-state index in [0.717, 1.165) is 48.4 Å². The maximum absolute atomic E-state index is 12.7. The molecule has 0 bridgehead atoms. The Kier molecular flexibility index (Phi) is 11.9. The average Bonchev–Trinajstić information content (AvgIpc) is 2.98. The summed E-state index contributed by atoms with van der Waals surface area (Å²) in [6.07, 6.45) is 4.74. The van der Waals surface area contributed by atoms with Gasteiger partial charge in [-0.2, -0.15) is 0 Å². The van der Waals surface area contributed by atoms with Crippen molar-refractivity contribution in [3.63, 3.8) is 0 Å². The van der Waals surface area contributed by atoms with Crippen LogP contribution in [0.1, 0.15) is 41.6 Å². The fourth-order valence-corrected chi connectivity index (χ4v) is 3.80. The number of ether oxygens (including phenoxy) is 4. The van der Waals surface area contributed by atoms with E-state index in [0.29, 0.717) is 36.0 Å². The molecule has 41 heavy (non-hydrogen) atoms. The molecule has 0 radical (unpaired) electrons. The minimum Gasteiger partial charge on any atom is -0.494 e. The number of aryl methyl sites for hydroxylation is 1. The third-order valence-corrected chi connectivity index (χ3v) is 6.07. The summed E-state index contributed by atoms with van der Waals surface area (Å²) in [5, 5.41) is 9.01. The highest BCUT2D eigenvalue weighted by atomic mass is 16.5. The normalized spacial score (nSPS) is 10.4. The van der Waals surface area contributed by atoms with Crippen LogP contribution in [0, 0.1) is 6.92 Å². The molecule has 0 saturated heterocycles. The number of carbonyl (C=O) groups excluding carboxylic acids is 3. The molecule has 3 rings (SSSR count). The van der Waals surface area contributed by atoms with Gasteiger partial charge in [0, 0.05) is 6.08 Å². The summed E-state index contributed by atoms with van der Waals surface area (Å²) < 4.78 is 21.4. The molecule has 8 nitrogen and oxygen atoms in total. The molecule has 0 heterocycles. The fourth-order valence-electron chi connectivity index (χ4n) is 3.80. The smallest absolute Gasteiger partial charge is 0.343 e. The maximum Gasteiger partial charge on any atom is 0.343 e. The van der Waals surface area contributed by atoms with E-state index in [9.17, 15) is 14.4 Å². The largest absolute Gasteiger partial charge is 0.494 e. The highest BCUT2D eigenvalue weighted by Gasteiger charge is 2.12. The van der Waals surface area contributed by atoms with Gasteiger partial charge in [0.1, 0.15) is 17.2 Å². The molecule has 0 aliphatic carbocycles. The van der Waals surface area contributed by atoms with E-state index >= 15 is 0 Å². The third kappa shape index (κ3) is 9.77. The zero-order valence-corrected chi connectivity index (χ0v) is 23.1. The first kappa shape index (κ1) is 30.8. The van der Waals surface area contributed by atoms with Crippen molar-refractivity contribution >= 4 is 17.9 Å². The molecule has 0 unspecified atom stereocenters. The Morgan fingerprint density at radius 1 is 0.805 bits per heavy atom. The second-order valence-corrected chi connectivity index (χ2v) is 9.20. The summed E-state index contributed by atoms with van der Waals surface area (Å²) in [6.45, 7) is 9.19. The van der Waals surface area contributed by atoms with Gasteiger partial charge < -0.3 is 24.1 Å². The van der Waals surface area contributed by atoms with Crippen LogP contribution in [0.15, 0.2) is 91.5 Å². The predicted molar refractivity (Wildman–Crippen MR) is 155 cm³/mol. The van der Waals surface area contributed by atoms with Gasteiger partial charge in [-0.15, -0.1) is 0 Å². The second kappa shape index (κ2) is 15.8. The zero-order chi connectivity index (χ0) is 29.6. The maximum atomic E-state index is 12.7. The molecule has 0 aliphatic rings. The molecule has 0 saturated carbocycles. The van der Waals surface area contributed by atoms with Crippen molar-refractivity contribution in [2.45, 2.75) is 32.6 Å². The molecule has 0 amide bonds. The van der Waals surface area contributed by atoms with Gasteiger partial charge in [0.25, 0.3) is 0 Å². The highest BCUT2D eigenvalue weighted by molar-refractivity contribution is 5.92. The summed E-state index contributed by atoms with van der Waals surface area (Å²) in [6, 6.07) is 19.1. The summed E-state index contributed by atoms with van der Waals surface area (Å²) in [7, 11) is 0. The molecule has 1 N–H and O–H groups in total. The Morgan fingerprint density at radius 3 is 2.07 bits per heavy atom. The Morgan fingerprint density at radius 2 is 1.44 bits per heavy atom. The minimum absolute atomic E-state index is 0.0242. The van der Waals surface area contributed by atoms with Crippen LogP contribution in [-0.4, -0.2) is 42.8 Å². The lowest BCUT2D eigenvalue weighted by atomic mass is 9.99.